The molecule has 0 aliphatic heterocycles. The number of nitrogens with one attached hydrogen (secondary N) is 1. The van der Waals surface area contributed by atoms with Crippen LogP contribution in [0.5, 0.6) is 0 Å². The third kappa shape index (κ3) is 3.48. The van der Waals surface area contributed by atoms with Crippen molar-refractivity contribution in [3.8, 4) is 0 Å². The predicted molar refractivity (Wildman–Crippen MR) is 114 cm³/mol. The highest BCUT2D eigenvalue weighted by Crippen LogP contribution is 2.40. The number of aryl methyl sites for hydroxylation is 3. The summed E-state index contributed by atoms with van der Waals surface area (Å²) in [5, 5.41) is 8.35. The van der Waals surface area contributed by atoms with Gasteiger partial charge in [0.05, 0.1) is 16.6 Å². The molecule has 0 spiro atoms. The van der Waals surface area contributed by atoms with E-state index in [4.69, 9.17) is 4.98 Å². The van der Waals surface area contributed by atoms with Gasteiger partial charge in [0.25, 0.3) is 5.91 Å². The SMILES string of the molecule is Cc1nn(C)c2nc(C3CC3)cc(C(=O)NC(c3ccc(F)cc3)c3nccn3C)c12. The Morgan fingerprint density at radius 1 is 1.23 bits per heavy atom. The predicted octanol–water partition coefficient (Wildman–Crippen LogP) is 3.55. The minimum absolute atomic E-state index is 0.234. The largest absolute Gasteiger partial charge is 0.338 e. The summed E-state index contributed by atoms with van der Waals surface area (Å²) >= 11 is 0. The number of nitrogens with zero attached hydrogens (tertiary/aromatic N) is 5. The highest BCUT2D eigenvalue weighted by molar-refractivity contribution is 6.06. The van der Waals surface area contributed by atoms with Gasteiger partial charge in [-0.15, -0.1) is 0 Å². The van der Waals surface area contributed by atoms with Gasteiger partial charge in [-0.1, -0.05) is 12.1 Å². The molecule has 7 nitrogen and oxygen atoms in total. The number of aromatic nitrogens is 5. The average molecular weight is 418 g/mol. The van der Waals surface area contributed by atoms with Crippen molar-refractivity contribution in [2.45, 2.75) is 31.7 Å². The second-order valence-electron chi connectivity index (χ2n) is 8.13. The Morgan fingerprint density at radius 2 is 1.97 bits per heavy atom. The minimum atomic E-state index is -0.530. The highest BCUT2D eigenvalue weighted by Gasteiger charge is 2.29. The Hall–Kier alpha value is -3.55. The van der Waals surface area contributed by atoms with E-state index in [1.807, 2.05) is 37.8 Å². The van der Waals surface area contributed by atoms with Crippen LogP contribution in [0.15, 0.2) is 42.7 Å². The van der Waals surface area contributed by atoms with Gasteiger partial charge >= 0.3 is 0 Å². The zero-order valence-corrected chi connectivity index (χ0v) is 17.6. The Kier molecular flexibility index (Phi) is 4.57. The highest BCUT2D eigenvalue weighted by atomic mass is 19.1. The monoisotopic (exact) mass is 418 g/mol. The number of carbonyl (C=O) groups excluding carboxylic acids is 1. The first-order valence-electron chi connectivity index (χ1n) is 10.3. The van der Waals surface area contributed by atoms with Gasteiger partial charge < -0.3 is 9.88 Å². The molecule has 1 N–H and O–H groups in total. The first kappa shape index (κ1) is 19.4. The lowest BCUT2D eigenvalue weighted by Crippen LogP contribution is -2.31. The first-order chi connectivity index (χ1) is 14.9. The Morgan fingerprint density at radius 3 is 2.61 bits per heavy atom. The number of halogens is 1. The maximum Gasteiger partial charge on any atom is 0.253 e. The van der Waals surface area contributed by atoms with Crippen molar-refractivity contribution < 1.29 is 9.18 Å². The standard InChI is InChI=1S/C23H23FN6O/c1-13-19-17(12-18(14-4-5-14)26-21(19)30(3)28-13)23(31)27-20(22-25-10-11-29(22)2)15-6-8-16(24)9-7-15/h6-12,14,20H,4-5H2,1-3H3,(H,27,31). The number of hydrogen-bond donors (Lipinski definition) is 1. The molecule has 1 amide bonds. The summed E-state index contributed by atoms with van der Waals surface area (Å²) in [5.41, 5.74) is 3.70. The number of imidazole rings is 1. The summed E-state index contributed by atoms with van der Waals surface area (Å²) < 4.78 is 17.1. The molecule has 1 aromatic carbocycles. The van der Waals surface area contributed by atoms with Gasteiger partial charge in [-0.3, -0.25) is 9.48 Å². The summed E-state index contributed by atoms with van der Waals surface area (Å²) in [4.78, 5) is 22.8. The molecule has 31 heavy (non-hydrogen) atoms. The molecule has 3 aromatic heterocycles. The summed E-state index contributed by atoms with van der Waals surface area (Å²) in [6.07, 6.45) is 5.67. The maximum absolute atomic E-state index is 13.6. The summed E-state index contributed by atoms with van der Waals surface area (Å²) in [7, 11) is 3.71. The molecule has 158 valence electrons. The van der Waals surface area contributed by atoms with Crippen LogP contribution in [-0.4, -0.2) is 30.2 Å². The third-order valence-electron chi connectivity index (χ3n) is 5.82. The van der Waals surface area contributed by atoms with Crippen molar-refractivity contribution in [2.24, 2.45) is 14.1 Å². The quantitative estimate of drug-likeness (QED) is 0.538. The zero-order chi connectivity index (χ0) is 21.7. The Labute approximate surface area is 178 Å². The van der Waals surface area contributed by atoms with Crippen LogP contribution < -0.4 is 5.32 Å². The Balaban J connectivity index is 1.59. The molecule has 1 atom stereocenters. The van der Waals surface area contributed by atoms with E-state index in [0.717, 1.165) is 35.2 Å². The van der Waals surface area contributed by atoms with Crippen molar-refractivity contribution in [3.63, 3.8) is 0 Å². The van der Waals surface area contributed by atoms with E-state index in [1.165, 1.54) is 12.1 Å². The van der Waals surface area contributed by atoms with Crippen molar-refractivity contribution in [3.05, 3.63) is 76.9 Å². The molecule has 8 heteroatoms. The topological polar surface area (TPSA) is 77.6 Å². The van der Waals surface area contributed by atoms with Crippen LogP contribution in [0.2, 0.25) is 0 Å². The molecule has 4 aromatic rings. The molecule has 1 saturated carbocycles. The van der Waals surface area contributed by atoms with E-state index in [1.54, 1.807) is 23.0 Å². The number of pyridine rings is 1. The van der Waals surface area contributed by atoms with Gasteiger partial charge in [0, 0.05) is 38.1 Å². The fourth-order valence-electron chi connectivity index (χ4n) is 4.05. The molecule has 3 heterocycles. The molecule has 1 fully saturated rings. The third-order valence-corrected chi connectivity index (χ3v) is 5.82. The summed E-state index contributed by atoms with van der Waals surface area (Å²) in [5.74, 6) is 0.497. The fourth-order valence-corrected chi connectivity index (χ4v) is 4.05. The van der Waals surface area contributed by atoms with E-state index in [2.05, 4.69) is 15.4 Å². The lowest BCUT2D eigenvalue weighted by atomic mass is 10.0. The van der Waals surface area contributed by atoms with Gasteiger partial charge in [-0.2, -0.15) is 5.10 Å². The molecule has 1 unspecified atom stereocenters. The van der Waals surface area contributed by atoms with Crippen molar-refractivity contribution in [2.75, 3.05) is 0 Å². The average Bonchev–Trinajstić information content (AvgIpc) is 3.46. The van der Waals surface area contributed by atoms with Crippen LogP contribution in [0.3, 0.4) is 0 Å². The molecule has 0 bridgehead atoms. The van der Waals surface area contributed by atoms with Crippen LogP contribution in [0, 0.1) is 12.7 Å². The molecule has 5 rings (SSSR count). The minimum Gasteiger partial charge on any atom is -0.338 e. The molecule has 0 radical (unpaired) electrons. The van der Waals surface area contributed by atoms with Gasteiger partial charge in [-0.05, 0) is 43.5 Å². The van der Waals surface area contributed by atoms with Crippen molar-refractivity contribution >= 4 is 16.9 Å². The van der Waals surface area contributed by atoms with Crippen LogP contribution >= 0.6 is 0 Å². The Bertz CT molecular complexity index is 1290. The van der Waals surface area contributed by atoms with E-state index in [0.29, 0.717) is 23.0 Å². The summed E-state index contributed by atoms with van der Waals surface area (Å²) in [6.45, 7) is 1.88. The van der Waals surface area contributed by atoms with Gasteiger partial charge in [-0.25, -0.2) is 14.4 Å². The van der Waals surface area contributed by atoms with Gasteiger partial charge in [0.15, 0.2) is 5.65 Å². The van der Waals surface area contributed by atoms with E-state index < -0.39 is 6.04 Å². The number of rotatable bonds is 5. The molecule has 1 aliphatic carbocycles. The van der Waals surface area contributed by atoms with E-state index in [-0.39, 0.29) is 11.7 Å². The number of benzene rings is 1. The van der Waals surface area contributed by atoms with Crippen LogP contribution in [0.25, 0.3) is 11.0 Å². The van der Waals surface area contributed by atoms with Gasteiger partial charge in [0.2, 0.25) is 0 Å². The fraction of sp³-hybridized carbons (Fsp3) is 0.304. The number of carbonyl (C=O) groups is 1. The second kappa shape index (κ2) is 7.30. The van der Waals surface area contributed by atoms with Crippen LogP contribution in [0.1, 0.15) is 57.9 Å². The van der Waals surface area contributed by atoms with Crippen molar-refractivity contribution in [1.82, 2.24) is 29.6 Å². The van der Waals surface area contributed by atoms with Gasteiger partial charge in [0.1, 0.15) is 17.7 Å². The zero-order valence-electron chi connectivity index (χ0n) is 17.6. The smallest absolute Gasteiger partial charge is 0.253 e. The van der Waals surface area contributed by atoms with Crippen molar-refractivity contribution in [1.29, 1.82) is 0 Å². The van der Waals surface area contributed by atoms with E-state index in [9.17, 15) is 9.18 Å². The molecular formula is C23H23FN6O. The van der Waals surface area contributed by atoms with Crippen LogP contribution in [0.4, 0.5) is 4.39 Å². The molecule has 0 saturated heterocycles. The summed E-state index contributed by atoms with van der Waals surface area (Å²) in [6, 6.07) is 7.48. The number of hydrogen-bond acceptors (Lipinski definition) is 4. The molecular weight excluding hydrogens is 395 g/mol. The number of fused-ring (bicyclic) bond motifs is 1. The number of amides is 1. The second-order valence-corrected chi connectivity index (χ2v) is 8.13. The first-order valence-corrected chi connectivity index (χ1v) is 10.3. The van der Waals surface area contributed by atoms with E-state index >= 15 is 0 Å². The maximum atomic E-state index is 13.6. The normalized spacial score (nSPS) is 14.7. The van der Waals surface area contributed by atoms with Crippen LogP contribution in [-0.2, 0) is 14.1 Å². The molecule has 1 aliphatic rings. The lowest BCUT2D eigenvalue weighted by molar-refractivity contribution is 0.0942. The lowest BCUT2D eigenvalue weighted by Gasteiger charge is -2.20.